The van der Waals surface area contributed by atoms with E-state index in [0.717, 1.165) is 0 Å². The minimum Gasteiger partial charge on any atom is -0.491 e. The second-order valence-corrected chi connectivity index (χ2v) is 7.27. The fourth-order valence-electron chi connectivity index (χ4n) is 3.84. The number of alkyl halides is 3. The van der Waals surface area contributed by atoms with Crippen molar-refractivity contribution in [2.24, 2.45) is 0 Å². The summed E-state index contributed by atoms with van der Waals surface area (Å²) in [7, 11) is 0. The van der Waals surface area contributed by atoms with Crippen LogP contribution in [0.2, 0.25) is 0 Å². The molecular weight excluding hydrogens is 427 g/mol. The van der Waals surface area contributed by atoms with Gasteiger partial charge in [0.2, 0.25) is 5.56 Å². The van der Waals surface area contributed by atoms with E-state index in [4.69, 9.17) is 4.74 Å². The van der Waals surface area contributed by atoms with E-state index in [9.17, 15) is 22.8 Å². The molecule has 3 aromatic rings. The lowest BCUT2D eigenvalue weighted by atomic mass is 9.79. The van der Waals surface area contributed by atoms with Crippen LogP contribution in [0.1, 0.15) is 33.6 Å². The maximum Gasteiger partial charge on any atom is 0.573 e. The molecule has 0 radical (unpaired) electrons. The number of ether oxygens (including phenoxy) is 2. The van der Waals surface area contributed by atoms with Gasteiger partial charge in [0.15, 0.2) is 0 Å². The summed E-state index contributed by atoms with van der Waals surface area (Å²) < 4.78 is 47.7. The Morgan fingerprint density at radius 2 is 2.06 bits per heavy atom. The molecule has 1 aliphatic heterocycles. The molecule has 32 heavy (non-hydrogen) atoms. The number of halogens is 3. The molecule has 1 atom stereocenters. The Labute approximate surface area is 180 Å². The summed E-state index contributed by atoms with van der Waals surface area (Å²) in [6, 6.07) is 9.94. The molecule has 0 unspecified atom stereocenters. The van der Waals surface area contributed by atoms with Crippen molar-refractivity contribution in [1.29, 1.82) is 0 Å². The summed E-state index contributed by atoms with van der Waals surface area (Å²) in [5.41, 5.74) is 0.118. The maximum absolute atomic E-state index is 13.1. The molecule has 4 rings (SSSR count). The molecule has 0 spiro atoms. The van der Waals surface area contributed by atoms with Gasteiger partial charge in [-0.3, -0.25) is 14.6 Å². The topological polar surface area (TPSA) is 93.3 Å². The Hall–Kier alpha value is -3.82. The first-order valence-corrected chi connectivity index (χ1v) is 9.64. The van der Waals surface area contributed by atoms with E-state index in [-0.39, 0.29) is 29.9 Å². The third kappa shape index (κ3) is 4.16. The van der Waals surface area contributed by atoms with Crippen molar-refractivity contribution in [3.63, 3.8) is 0 Å². The first-order chi connectivity index (χ1) is 15.2. The highest BCUT2D eigenvalue weighted by molar-refractivity contribution is 5.94. The fraction of sp³-hybridized carbons (Fsp3) is 0.227. The Balaban J connectivity index is 1.82. The molecule has 0 aliphatic carbocycles. The first kappa shape index (κ1) is 21.4. The summed E-state index contributed by atoms with van der Waals surface area (Å²) in [6.07, 6.45) is -1.70. The molecule has 0 bridgehead atoms. The van der Waals surface area contributed by atoms with Gasteiger partial charge < -0.3 is 19.8 Å². The van der Waals surface area contributed by atoms with Crippen molar-refractivity contribution in [3.05, 3.63) is 87.6 Å². The number of carbonyl (C=O) groups is 1. The lowest BCUT2D eigenvalue weighted by Crippen LogP contribution is -2.50. The van der Waals surface area contributed by atoms with Crippen LogP contribution in [0.15, 0.2) is 59.7 Å². The summed E-state index contributed by atoms with van der Waals surface area (Å²) in [4.78, 5) is 31.3. The second kappa shape index (κ2) is 8.03. The highest BCUT2D eigenvalue weighted by atomic mass is 19.4. The SMILES string of the molecule is Cc1cc(OC(F)(F)F)ccc1[C@@]1(NC(=O)c2ccc(=O)[nH]c2)CCOc2cccnc21. The number of hydrogen-bond acceptors (Lipinski definition) is 5. The molecule has 0 saturated carbocycles. The Kier molecular flexibility index (Phi) is 5.37. The van der Waals surface area contributed by atoms with Crippen molar-refractivity contribution in [3.8, 4) is 11.5 Å². The van der Waals surface area contributed by atoms with Gasteiger partial charge in [0.1, 0.15) is 22.7 Å². The number of fused-ring (bicyclic) bond motifs is 1. The van der Waals surface area contributed by atoms with Gasteiger partial charge in [0.05, 0.1) is 12.2 Å². The fourth-order valence-corrected chi connectivity index (χ4v) is 3.84. The van der Waals surface area contributed by atoms with Gasteiger partial charge in [-0.1, -0.05) is 6.07 Å². The number of hydrogen-bond donors (Lipinski definition) is 2. The van der Waals surface area contributed by atoms with Crippen molar-refractivity contribution in [2.45, 2.75) is 25.2 Å². The minimum absolute atomic E-state index is 0.211. The molecule has 0 saturated heterocycles. The molecule has 1 amide bonds. The second-order valence-electron chi connectivity index (χ2n) is 7.27. The monoisotopic (exact) mass is 445 g/mol. The number of rotatable bonds is 4. The molecular formula is C22H18F3N3O4. The van der Waals surface area contributed by atoms with Crippen LogP contribution in [0.3, 0.4) is 0 Å². The number of aryl methyl sites for hydroxylation is 1. The van der Waals surface area contributed by atoms with Crippen LogP contribution >= 0.6 is 0 Å². The third-order valence-electron chi connectivity index (χ3n) is 5.17. The molecule has 1 aliphatic rings. The van der Waals surface area contributed by atoms with E-state index < -0.39 is 17.8 Å². The number of pyridine rings is 2. The largest absolute Gasteiger partial charge is 0.573 e. The van der Waals surface area contributed by atoms with Crippen LogP contribution in [-0.4, -0.2) is 28.8 Å². The normalized spacial score (nSPS) is 17.8. The molecule has 2 N–H and O–H groups in total. The van der Waals surface area contributed by atoms with E-state index in [2.05, 4.69) is 20.0 Å². The lowest BCUT2D eigenvalue weighted by molar-refractivity contribution is -0.274. The number of nitrogens with one attached hydrogen (secondary N) is 2. The molecule has 1 aromatic carbocycles. The van der Waals surface area contributed by atoms with Crippen molar-refractivity contribution >= 4 is 5.91 Å². The molecule has 7 nitrogen and oxygen atoms in total. The minimum atomic E-state index is -4.82. The van der Waals surface area contributed by atoms with Gasteiger partial charge in [-0.15, -0.1) is 13.2 Å². The van der Waals surface area contributed by atoms with Gasteiger partial charge in [0, 0.05) is 24.9 Å². The number of H-pyrrole nitrogens is 1. The number of nitrogens with zero attached hydrogens (tertiary/aromatic N) is 1. The van der Waals surface area contributed by atoms with E-state index in [0.29, 0.717) is 22.6 Å². The van der Waals surface area contributed by atoms with Crippen LogP contribution < -0.4 is 20.3 Å². The molecule has 166 valence electrons. The van der Waals surface area contributed by atoms with Crippen molar-refractivity contribution in [1.82, 2.24) is 15.3 Å². The molecule has 0 fully saturated rings. The smallest absolute Gasteiger partial charge is 0.491 e. The number of benzene rings is 1. The quantitative estimate of drug-likeness (QED) is 0.642. The Morgan fingerprint density at radius 3 is 2.75 bits per heavy atom. The predicted molar refractivity (Wildman–Crippen MR) is 108 cm³/mol. The number of carbonyl (C=O) groups excluding carboxylic acids is 1. The van der Waals surface area contributed by atoms with Gasteiger partial charge in [-0.05, 0) is 48.4 Å². The van der Waals surface area contributed by atoms with Gasteiger partial charge in [-0.25, -0.2) is 0 Å². The van der Waals surface area contributed by atoms with Crippen molar-refractivity contribution < 1.29 is 27.4 Å². The molecule has 2 aromatic heterocycles. The van der Waals surface area contributed by atoms with E-state index in [1.54, 1.807) is 25.3 Å². The van der Waals surface area contributed by atoms with E-state index in [1.165, 1.54) is 36.5 Å². The van der Waals surface area contributed by atoms with Crippen molar-refractivity contribution in [2.75, 3.05) is 6.61 Å². The Morgan fingerprint density at radius 1 is 1.25 bits per heavy atom. The summed E-state index contributed by atoms with van der Waals surface area (Å²) >= 11 is 0. The number of amides is 1. The highest BCUT2D eigenvalue weighted by Crippen LogP contribution is 2.42. The third-order valence-corrected chi connectivity index (χ3v) is 5.17. The van der Waals surface area contributed by atoms with Crippen LogP contribution in [0.4, 0.5) is 13.2 Å². The lowest BCUT2D eigenvalue weighted by Gasteiger charge is -2.39. The van der Waals surface area contributed by atoms with Gasteiger partial charge >= 0.3 is 6.36 Å². The number of aromatic nitrogens is 2. The van der Waals surface area contributed by atoms with E-state index in [1.807, 2.05) is 0 Å². The average molecular weight is 445 g/mol. The van der Waals surface area contributed by atoms with Gasteiger partial charge in [-0.2, -0.15) is 0 Å². The van der Waals surface area contributed by atoms with Crippen LogP contribution in [0, 0.1) is 6.92 Å². The zero-order valence-electron chi connectivity index (χ0n) is 16.8. The standard InChI is InChI=1S/C22H18F3N3O4/c1-13-11-15(32-22(23,24)25)5-6-16(13)21(8-10-31-17-3-2-9-26-19(17)21)28-20(30)14-4-7-18(29)27-12-14/h2-7,9,11-12H,8,10H2,1H3,(H,27,29)(H,28,30)/t21-/m0/s1. The first-order valence-electron chi connectivity index (χ1n) is 9.64. The average Bonchev–Trinajstić information content (AvgIpc) is 2.73. The van der Waals surface area contributed by atoms with Crippen LogP contribution in [0.25, 0.3) is 0 Å². The number of aromatic amines is 1. The van der Waals surface area contributed by atoms with E-state index >= 15 is 0 Å². The van der Waals surface area contributed by atoms with Crippen LogP contribution in [0.5, 0.6) is 11.5 Å². The van der Waals surface area contributed by atoms with Crippen LogP contribution in [-0.2, 0) is 5.54 Å². The highest BCUT2D eigenvalue weighted by Gasteiger charge is 2.43. The maximum atomic E-state index is 13.1. The molecule has 10 heteroatoms. The van der Waals surface area contributed by atoms with Gasteiger partial charge in [0.25, 0.3) is 5.91 Å². The predicted octanol–water partition coefficient (Wildman–Crippen LogP) is 3.43. The molecule has 3 heterocycles. The Bertz CT molecular complexity index is 1210. The zero-order chi connectivity index (χ0) is 22.9. The summed E-state index contributed by atoms with van der Waals surface area (Å²) in [5, 5.41) is 2.98. The summed E-state index contributed by atoms with van der Waals surface area (Å²) in [5.74, 6) is -0.403. The summed E-state index contributed by atoms with van der Waals surface area (Å²) in [6.45, 7) is 1.87. The zero-order valence-corrected chi connectivity index (χ0v) is 16.8.